The average Bonchev–Trinajstić information content (AvgIpc) is 2.52. The molecule has 5 nitrogen and oxygen atoms in total. The summed E-state index contributed by atoms with van der Waals surface area (Å²) >= 11 is 0. The van der Waals surface area contributed by atoms with Gasteiger partial charge in [-0.05, 0) is 25.0 Å². The first-order valence-corrected chi connectivity index (χ1v) is 7.30. The number of aliphatic carboxylic acids is 1. The summed E-state index contributed by atoms with van der Waals surface area (Å²) in [6.07, 6.45) is 4.13. The zero-order chi connectivity index (χ0) is 15.1. The Bertz CT molecular complexity index is 480. The SMILES string of the molecule is O=C(COc1ccccc1)NCC1(C(=O)O)CCCCC1. The van der Waals surface area contributed by atoms with Crippen molar-refractivity contribution in [2.45, 2.75) is 32.1 Å². The van der Waals surface area contributed by atoms with Gasteiger partial charge in [-0.25, -0.2) is 0 Å². The predicted octanol–water partition coefficient (Wildman–Crippen LogP) is 2.22. The monoisotopic (exact) mass is 291 g/mol. The molecular weight excluding hydrogens is 270 g/mol. The molecule has 0 aliphatic heterocycles. The minimum atomic E-state index is -0.813. The highest BCUT2D eigenvalue weighted by atomic mass is 16.5. The van der Waals surface area contributed by atoms with Crippen molar-refractivity contribution in [3.63, 3.8) is 0 Å². The lowest BCUT2D eigenvalue weighted by molar-refractivity contribution is -0.151. The maximum atomic E-state index is 11.8. The van der Waals surface area contributed by atoms with Gasteiger partial charge in [0, 0.05) is 6.54 Å². The highest BCUT2D eigenvalue weighted by molar-refractivity contribution is 5.80. The van der Waals surface area contributed by atoms with Crippen LogP contribution in [0.2, 0.25) is 0 Å². The number of benzene rings is 1. The zero-order valence-corrected chi connectivity index (χ0v) is 12.0. The molecule has 21 heavy (non-hydrogen) atoms. The number of carboxylic acid groups (broad SMARTS) is 1. The van der Waals surface area contributed by atoms with Crippen molar-refractivity contribution in [2.24, 2.45) is 5.41 Å². The van der Waals surface area contributed by atoms with Gasteiger partial charge in [-0.15, -0.1) is 0 Å². The van der Waals surface area contributed by atoms with Gasteiger partial charge in [0.2, 0.25) is 0 Å². The van der Waals surface area contributed by atoms with E-state index in [0.717, 1.165) is 19.3 Å². The molecule has 0 unspecified atom stereocenters. The molecule has 1 amide bonds. The topological polar surface area (TPSA) is 75.6 Å². The molecule has 0 radical (unpaired) electrons. The van der Waals surface area contributed by atoms with Crippen LogP contribution >= 0.6 is 0 Å². The molecule has 0 heterocycles. The van der Waals surface area contributed by atoms with E-state index in [1.165, 1.54) is 0 Å². The molecule has 0 atom stereocenters. The van der Waals surface area contributed by atoms with Crippen LogP contribution in [-0.4, -0.2) is 30.1 Å². The normalized spacial score (nSPS) is 17.0. The molecule has 2 rings (SSSR count). The third-order valence-corrected chi connectivity index (χ3v) is 4.00. The Morgan fingerprint density at radius 3 is 2.43 bits per heavy atom. The van der Waals surface area contributed by atoms with E-state index in [-0.39, 0.29) is 19.1 Å². The molecule has 1 fully saturated rings. The number of para-hydroxylation sites is 1. The van der Waals surface area contributed by atoms with E-state index < -0.39 is 11.4 Å². The van der Waals surface area contributed by atoms with Crippen molar-refractivity contribution in [1.82, 2.24) is 5.32 Å². The smallest absolute Gasteiger partial charge is 0.311 e. The van der Waals surface area contributed by atoms with E-state index in [0.29, 0.717) is 18.6 Å². The van der Waals surface area contributed by atoms with E-state index in [2.05, 4.69) is 5.32 Å². The number of nitrogens with one attached hydrogen (secondary N) is 1. The summed E-state index contributed by atoms with van der Waals surface area (Å²) in [5.74, 6) is -0.477. The molecule has 0 bridgehead atoms. The molecule has 2 N–H and O–H groups in total. The van der Waals surface area contributed by atoms with Gasteiger partial charge in [0.1, 0.15) is 5.75 Å². The van der Waals surface area contributed by atoms with Crippen LogP contribution in [0.4, 0.5) is 0 Å². The van der Waals surface area contributed by atoms with Crippen LogP contribution in [0.5, 0.6) is 5.75 Å². The van der Waals surface area contributed by atoms with Crippen molar-refractivity contribution >= 4 is 11.9 Å². The van der Waals surface area contributed by atoms with Crippen LogP contribution in [0.25, 0.3) is 0 Å². The number of rotatable bonds is 6. The molecule has 1 aliphatic carbocycles. The van der Waals surface area contributed by atoms with Crippen molar-refractivity contribution in [2.75, 3.05) is 13.2 Å². The van der Waals surface area contributed by atoms with Crippen LogP contribution in [0.3, 0.4) is 0 Å². The summed E-state index contributed by atoms with van der Waals surface area (Å²) in [6.45, 7) is 0.0824. The second-order valence-corrected chi connectivity index (χ2v) is 5.52. The third kappa shape index (κ3) is 4.21. The van der Waals surface area contributed by atoms with E-state index in [1.807, 2.05) is 18.2 Å². The van der Waals surface area contributed by atoms with Gasteiger partial charge >= 0.3 is 5.97 Å². The van der Waals surface area contributed by atoms with Crippen molar-refractivity contribution in [3.8, 4) is 5.75 Å². The highest BCUT2D eigenvalue weighted by Crippen LogP contribution is 2.35. The fourth-order valence-electron chi connectivity index (χ4n) is 2.68. The number of carboxylic acids is 1. The van der Waals surface area contributed by atoms with Gasteiger partial charge in [0.25, 0.3) is 5.91 Å². The largest absolute Gasteiger partial charge is 0.484 e. The summed E-state index contributed by atoms with van der Waals surface area (Å²) in [6, 6.07) is 9.07. The van der Waals surface area contributed by atoms with Gasteiger partial charge in [0.05, 0.1) is 5.41 Å². The minimum Gasteiger partial charge on any atom is -0.484 e. The first kappa shape index (κ1) is 15.4. The van der Waals surface area contributed by atoms with Gasteiger partial charge in [0.15, 0.2) is 6.61 Å². The van der Waals surface area contributed by atoms with Crippen LogP contribution in [0, 0.1) is 5.41 Å². The maximum absolute atomic E-state index is 11.8. The fraction of sp³-hybridized carbons (Fsp3) is 0.500. The summed E-state index contributed by atoms with van der Waals surface area (Å²) in [4.78, 5) is 23.3. The summed E-state index contributed by atoms with van der Waals surface area (Å²) < 4.78 is 5.34. The lowest BCUT2D eigenvalue weighted by Gasteiger charge is -2.33. The highest BCUT2D eigenvalue weighted by Gasteiger charge is 2.39. The third-order valence-electron chi connectivity index (χ3n) is 4.00. The fourth-order valence-corrected chi connectivity index (χ4v) is 2.68. The van der Waals surface area contributed by atoms with Crippen molar-refractivity contribution < 1.29 is 19.4 Å². The number of hydrogen-bond donors (Lipinski definition) is 2. The maximum Gasteiger partial charge on any atom is 0.311 e. The molecule has 0 spiro atoms. The molecule has 1 aromatic rings. The van der Waals surface area contributed by atoms with Crippen LogP contribution < -0.4 is 10.1 Å². The van der Waals surface area contributed by atoms with E-state index >= 15 is 0 Å². The second kappa shape index (κ2) is 7.11. The Balaban J connectivity index is 1.80. The number of carbonyl (C=O) groups excluding carboxylic acids is 1. The number of ether oxygens (including phenoxy) is 1. The molecule has 5 heteroatoms. The summed E-state index contributed by atoms with van der Waals surface area (Å²) in [5, 5.41) is 12.1. The molecule has 1 aliphatic rings. The van der Waals surface area contributed by atoms with Crippen LogP contribution in [-0.2, 0) is 9.59 Å². The van der Waals surface area contributed by atoms with Gasteiger partial charge in [-0.1, -0.05) is 37.5 Å². The standard InChI is InChI=1S/C16H21NO4/c18-14(11-21-13-7-3-1-4-8-13)17-12-16(15(19)20)9-5-2-6-10-16/h1,3-4,7-8H,2,5-6,9-12H2,(H,17,18)(H,19,20). The van der Waals surface area contributed by atoms with Gasteiger partial charge in [-0.2, -0.15) is 0 Å². The van der Waals surface area contributed by atoms with Gasteiger partial charge in [-0.3, -0.25) is 9.59 Å². The molecule has 0 aromatic heterocycles. The molecule has 114 valence electrons. The Hall–Kier alpha value is -2.04. The Morgan fingerprint density at radius 1 is 1.14 bits per heavy atom. The lowest BCUT2D eigenvalue weighted by Crippen LogP contribution is -2.45. The van der Waals surface area contributed by atoms with Crippen LogP contribution in [0.1, 0.15) is 32.1 Å². The van der Waals surface area contributed by atoms with E-state index in [1.54, 1.807) is 12.1 Å². The Labute approximate surface area is 124 Å². The second-order valence-electron chi connectivity index (χ2n) is 5.52. The van der Waals surface area contributed by atoms with Crippen molar-refractivity contribution in [1.29, 1.82) is 0 Å². The minimum absolute atomic E-state index is 0.0975. The van der Waals surface area contributed by atoms with E-state index in [9.17, 15) is 14.7 Å². The quantitative estimate of drug-likeness (QED) is 0.842. The van der Waals surface area contributed by atoms with Gasteiger partial charge < -0.3 is 15.2 Å². The summed E-state index contributed by atoms with van der Waals surface area (Å²) in [5.41, 5.74) is -0.805. The number of carbonyl (C=O) groups is 2. The predicted molar refractivity (Wildman–Crippen MR) is 78.1 cm³/mol. The van der Waals surface area contributed by atoms with Crippen LogP contribution in [0.15, 0.2) is 30.3 Å². The molecule has 1 saturated carbocycles. The first-order valence-electron chi connectivity index (χ1n) is 7.30. The lowest BCUT2D eigenvalue weighted by atomic mass is 9.74. The molecule has 1 aromatic carbocycles. The van der Waals surface area contributed by atoms with E-state index in [4.69, 9.17) is 4.74 Å². The molecule has 0 saturated heterocycles. The molecular formula is C16H21NO4. The number of hydrogen-bond acceptors (Lipinski definition) is 3. The first-order chi connectivity index (χ1) is 10.1. The Kier molecular flexibility index (Phi) is 5.20. The van der Waals surface area contributed by atoms with Crippen molar-refractivity contribution in [3.05, 3.63) is 30.3 Å². The number of amides is 1. The average molecular weight is 291 g/mol. The summed E-state index contributed by atoms with van der Waals surface area (Å²) in [7, 11) is 0. The zero-order valence-electron chi connectivity index (χ0n) is 12.0. The Morgan fingerprint density at radius 2 is 1.81 bits per heavy atom.